The Bertz CT molecular complexity index is 1150. The Morgan fingerprint density at radius 3 is 1.18 bits per heavy atom. The summed E-state index contributed by atoms with van der Waals surface area (Å²) in [6, 6.07) is -0.630. The summed E-state index contributed by atoms with van der Waals surface area (Å²) in [5.41, 5.74) is 0. The Kier molecular flexibility index (Phi) is 55.6. The van der Waals surface area contributed by atoms with E-state index < -0.39 is 12.1 Å². The fraction of sp³-hybridized carbons (Fsp3) is 0.839. The molecule has 6 heteroatoms. The van der Waals surface area contributed by atoms with Crippen LogP contribution in [0.25, 0.3) is 0 Å². The number of hydrogen-bond donors (Lipinski definition) is 3. The molecule has 0 spiro atoms. The second-order valence-corrected chi connectivity index (χ2v) is 20.3. The first-order valence-corrected chi connectivity index (χ1v) is 29.9. The third-order valence-electron chi connectivity index (χ3n) is 13.6. The Hall–Kier alpha value is -2.18. The van der Waals surface area contributed by atoms with Gasteiger partial charge in [-0.25, -0.2) is 0 Å². The van der Waals surface area contributed by atoms with Gasteiger partial charge in [0.25, 0.3) is 0 Å². The number of aliphatic hydroxyl groups excluding tert-OH is 2. The van der Waals surface area contributed by atoms with Crippen molar-refractivity contribution in [1.29, 1.82) is 0 Å². The van der Waals surface area contributed by atoms with Gasteiger partial charge in [-0.3, -0.25) is 9.59 Å². The summed E-state index contributed by atoms with van der Waals surface area (Å²) in [7, 11) is 0. The molecule has 0 bridgehead atoms. The smallest absolute Gasteiger partial charge is 0.305 e. The largest absolute Gasteiger partial charge is 0.466 e. The van der Waals surface area contributed by atoms with Crippen molar-refractivity contribution in [1.82, 2.24) is 5.32 Å². The number of esters is 1. The molecule has 0 saturated carbocycles. The summed E-state index contributed by atoms with van der Waals surface area (Å²) in [5, 5.41) is 23.1. The highest BCUT2D eigenvalue weighted by Gasteiger charge is 2.18. The zero-order valence-electron chi connectivity index (χ0n) is 45.3. The lowest BCUT2D eigenvalue weighted by Crippen LogP contribution is -2.45. The van der Waals surface area contributed by atoms with Crippen LogP contribution in [0, 0.1) is 0 Å². The number of unbranched alkanes of at least 4 members (excludes halogenated alkanes) is 38. The lowest BCUT2D eigenvalue weighted by molar-refractivity contribution is -0.143. The number of amides is 1. The summed E-state index contributed by atoms with van der Waals surface area (Å²) < 4.78 is 5.45. The number of carbonyl (C=O) groups is 2. The van der Waals surface area contributed by atoms with E-state index >= 15 is 0 Å². The Labute approximate surface area is 423 Å². The fourth-order valence-corrected chi connectivity index (χ4v) is 8.94. The van der Waals surface area contributed by atoms with Crippen LogP contribution >= 0.6 is 0 Å². The van der Waals surface area contributed by atoms with Gasteiger partial charge in [-0.15, -0.1) is 0 Å². The molecule has 398 valence electrons. The van der Waals surface area contributed by atoms with Crippen molar-refractivity contribution in [2.45, 2.75) is 321 Å². The summed E-state index contributed by atoms with van der Waals surface area (Å²) in [6.45, 7) is 4.86. The quantitative estimate of drug-likeness (QED) is 0.0321. The maximum Gasteiger partial charge on any atom is 0.305 e. The van der Waals surface area contributed by atoms with E-state index in [2.05, 4.69) is 55.6 Å². The molecule has 0 fully saturated rings. The molecule has 0 radical (unpaired) electrons. The van der Waals surface area contributed by atoms with Crippen LogP contribution in [0.5, 0.6) is 0 Å². The molecule has 6 nitrogen and oxygen atoms in total. The molecule has 0 rings (SSSR count). The van der Waals surface area contributed by atoms with Gasteiger partial charge in [0.05, 0.1) is 25.4 Å². The lowest BCUT2D eigenvalue weighted by atomic mass is 10.0. The highest BCUT2D eigenvalue weighted by molar-refractivity contribution is 5.76. The molecule has 68 heavy (non-hydrogen) atoms. The third-order valence-corrected chi connectivity index (χ3v) is 13.6. The summed E-state index contributed by atoms with van der Waals surface area (Å²) in [4.78, 5) is 24.4. The van der Waals surface area contributed by atoms with E-state index in [9.17, 15) is 19.8 Å². The molecule has 2 atom stereocenters. The average molecular weight is 955 g/mol. The maximum absolute atomic E-state index is 12.4. The van der Waals surface area contributed by atoms with Crippen molar-refractivity contribution < 1.29 is 24.5 Å². The molecule has 0 aliphatic heterocycles. The number of rotatable bonds is 55. The zero-order chi connectivity index (χ0) is 49.3. The van der Waals surface area contributed by atoms with Crippen molar-refractivity contribution in [2.75, 3.05) is 13.2 Å². The number of allylic oxidation sites excluding steroid dienone is 7. The average Bonchev–Trinajstić information content (AvgIpc) is 3.34. The van der Waals surface area contributed by atoms with Crippen molar-refractivity contribution in [2.24, 2.45) is 0 Å². The van der Waals surface area contributed by atoms with Crippen molar-refractivity contribution >= 4 is 11.9 Å². The van der Waals surface area contributed by atoms with E-state index in [4.69, 9.17) is 4.74 Å². The van der Waals surface area contributed by atoms with E-state index in [1.807, 2.05) is 6.08 Å². The number of ether oxygens (including phenoxy) is 1. The maximum atomic E-state index is 12.4. The second kappa shape index (κ2) is 57.4. The van der Waals surface area contributed by atoms with Crippen LogP contribution in [0.3, 0.4) is 0 Å². The normalized spacial score (nSPS) is 12.9. The molecular weight excluding hydrogens is 839 g/mol. The first-order chi connectivity index (χ1) is 33.5. The Morgan fingerprint density at radius 2 is 0.750 bits per heavy atom. The lowest BCUT2D eigenvalue weighted by Gasteiger charge is -2.20. The molecule has 0 aliphatic carbocycles. The van der Waals surface area contributed by atoms with Gasteiger partial charge in [-0.1, -0.05) is 262 Å². The molecule has 2 unspecified atom stereocenters. The van der Waals surface area contributed by atoms with Gasteiger partial charge in [0.2, 0.25) is 5.91 Å². The van der Waals surface area contributed by atoms with Crippen LogP contribution in [0.15, 0.2) is 48.6 Å². The number of nitrogens with one attached hydrogen (secondary N) is 1. The van der Waals surface area contributed by atoms with Crippen molar-refractivity contribution in [3.05, 3.63) is 48.6 Å². The molecule has 0 aromatic heterocycles. The molecule has 3 N–H and O–H groups in total. The van der Waals surface area contributed by atoms with Gasteiger partial charge >= 0.3 is 5.97 Å². The zero-order valence-corrected chi connectivity index (χ0v) is 45.3. The molecule has 0 aromatic rings. The monoisotopic (exact) mass is 954 g/mol. The van der Waals surface area contributed by atoms with Crippen LogP contribution < -0.4 is 5.32 Å². The van der Waals surface area contributed by atoms with Crippen LogP contribution in [0.2, 0.25) is 0 Å². The minimum absolute atomic E-state index is 0.00145. The van der Waals surface area contributed by atoms with E-state index in [1.165, 1.54) is 231 Å². The minimum Gasteiger partial charge on any atom is -0.466 e. The van der Waals surface area contributed by atoms with Gasteiger partial charge < -0.3 is 20.3 Å². The van der Waals surface area contributed by atoms with Crippen LogP contribution in [-0.4, -0.2) is 47.4 Å². The number of aliphatic hydroxyl groups is 2. The summed E-state index contributed by atoms with van der Waals surface area (Å²) >= 11 is 0. The highest BCUT2D eigenvalue weighted by atomic mass is 16.5. The summed E-state index contributed by atoms with van der Waals surface area (Å²) in [5.74, 6) is -0.0730. The predicted molar refractivity (Wildman–Crippen MR) is 296 cm³/mol. The van der Waals surface area contributed by atoms with E-state index in [0.717, 1.165) is 51.4 Å². The molecule has 1 amide bonds. The SMILES string of the molecule is CCCC/C=C\CCCCCCCC(=O)OCCCCCCCCCCC/C=C\C/C=C\CCCCCCCCCCCCCC(=O)NC(CO)C(O)/C=C/CCCCCCCCCCCCC. The topological polar surface area (TPSA) is 95.9 Å². The standard InChI is InChI=1S/C62H115NO5/c1-3-5-7-9-11-13-15-31-35-38-42-46-50-54-60(65)59(58-64)63-61(66)55-51-47-43-39-36-32-29-27-25-23-21-19-17-16-18-20-22-24-26-28-30-33-37-41-45-49-53-57-68-62(67)56-52-48-44-40-34-14-12-10-8-6-4-2/h10,12,16-17,20,22,50,54,59-60,64-65H,3-9,11,13-15,18-19,21,23-49,51-53,55-58H2,1-2H3,(H,63,66)/b12-10-,17-16-,22-20-,54-50+. The molecular formula is C62H115NO5. The van der Waals surface area contributed by atoms with Gasteiger partial charge in [0.1, 0.15) is 0 Å². The van der Waals surface area contributed by atoms with E-state index in [1.54, 1.807) is 6.08 Å². The van der Waals surface area contributed by atoms with Crippen molar-refractivity contribution in [3.8, 4) is 0 Å². The first-order valence-electron chi connectivity index (χ1n) is 29.9. The highest BCUT2D eigenvalue weighted by Crippen LogP contribution is 2.16. The number of hydrogen-bond acceptors (Lipinski definition) is 5. The van der Waals surface area contributed by atoms with Gasteiger partial charge in [0, 0.05) is 12.8 Å². The third kappa shape index (κ3) is 53.2. The van der Waals surface area contributed by atoms with Gasteiger partial charge in [-0.05, 0) is 83.5 Å². The van der Waals surface area contributed by atoms with E-state index in [0.29, 0.717) is 19.4 Å². The van der Waals surface area contributed by atoms with Crippen LogP contribution in [0.1, 0.15) is 309 Å². The van der Waals surface area contributed by atoms with Crippen molar-refractivity contribution in [3.63, 3.8) is 0 Å². The van der Waals surface area contributed by atoms with Gasteiger partial charge in [-0.2, -0.15) is 0 Å². The van der Waals surface area contributed by atoms with Crippen LogP contribution in [-0.2, 0) is 14.3 Å². The second-order valence-electron chi connectivity index (χ2n) is 20.3. The van der Waals surface area contributed by atoms with Crippen LogP contribution in [0.4, 0.5) is 0 Å². The fourth-order valence-electron chi connectivity index (χ4n) is 8.94. The Balaban J connectivity index is 3.45. The first kappa shape index (κ1) is 65.8. The molecule has 0 aliphatic rings. The molecule has 0 aromatic carbocycles. The molecule has 0 heterocycles. The summed E-state index contributed by atoms with van der Waals surface area (Å²) in [6.07, 6.45) is 72.9. The Morgan fingerprint density at radius 1 is 0.412 bits per heavy atom. The predicted octanol–water partition coefficient (Wildman–Crippen LogP) is 18.6. The van der Waals surface area contributed by atoms with E-state index in [-0.39, 0.29) is 18.5 Å². The van der Waals surface area contributed by atoms with Gasteiger partial charge in [0.15, 0.2) is 0 Å². The number of carbonyl (C=O) groups excluding carboxylic acids is 2. The molecule has 0 saturated heterocycles. The minimum atomic E-state index is -0.846.